The van der Waals surface area contributed by atoms with Crippen molar-refractivity contribution in [3.63, 3.8) is 0 Å². The van der Waals surface area contributed by atoms with Gasteiger partial charge in [-0.05, 0) is 53.6 Å². The summed E-state index contributed by atoms with van der Waals surface area (Å²) >= 11 is 0. The van der Waals surface area contributed by atoms with E-state index in [1.165, 1.54) is 72.8 Å². The zero-order valence-electron chi connectivity index (χ0n) is 16.5. The van der Waals surface area contributed by atoms with Crippen molar-refractivity contribution in [3.05, 3.63) is 115 Å². The molecule has 0 heterocycles. The van der Waals surface area contributed by atoms with E-state index in [9.17, 15) is 29.8 Å². The van der Waals surface area contributed by atoms with Gasteiger partial charge in [-0.3, -0.25) is 20.2 Å². The van der Waals surface area contributed by atoms with Crippen LogP contribution in [0.4, 0.5) is 11.4 Å². The normalized spacial score (nSPS) is 10.2. The van der Waals surface area contributed by atoms with Crippen molar-refractivity contribution < 1.29 is 28.9 Å². The Morgan fingerprint density at radius 2 is 1.03 bits per heavy atom. The fraction of sp³-hybridized carbons (Fsp3) is 0.0909. The summed E-state index contributed by atoms with van der Waals surface area (Å²) < 4.78 is 10.4. The molecular formula is C22H16N2O8. The molecule has 3 rings (SSSR count). The van der Waals surface area contributed by atoms with Crippen LogP contribution in [-0.2, 0) is 22.7 Å². The predicted octanol–water partition coefficient (Wildman–Crippen LogP) is 4.22. The molecule has 162 valence electrons. The molecule has 0 radical (unpaired) electrons. The summed E-state index contributed by atoms with van der Waals surface area (Å²) in [5.74, 6) is -1.35. The number of carbonyl (C=O) groups is 2. The average Bonchev–Trinajstić information content (AvgIpc) is 2.81. The maximum absolute atomic E-state index is 12.3. The summed E-state index contributed by atoms with van der Waals surface area (Å²) in [5.41, 5.74) is 1.28. The molecule has 0 bridgehead atoms. The molecule has 0 aliphatic rings. The van der Waals surface area contributed by atoms with Crippen LogP contribution >= 0.6 is 0 Å². The molecule has 32 heavy (non-hydrogen) atoms. The zero-order valence-corrected chi connectivity index (χ0v) is 16.5. The molecule has 0 atom stereocenters. The third kappa shape index (κ3) is 5.72. The van der Waals surface area contributed by atoms with Crippen LogP contribution in [0.15, 0.2) is 72.8 Å². The Balaban J connectivity index is 1.57. The van der Waals surface area contributed by atoms with Crippen LogP contribution < -0.4 is 0 Å². The van der Waals surface area contributed by atoms with E-state index in [-0.39, 0.29) is 35.7 Å². The highest BCUT2D eigenvalue weighted by Gasteiger charge is 2.14. The topological polar surface area (TPSA) is 139 Å². The first-order valence-electron chi connectivity index (χ1n) is 9.24. The van der Waals surface area contributed by atoms with E-state index >= 15 is 0 Å². The van der Waals surface area contributed by atoms with Gasteiger partial charge in [-0.15, -0.1) is 0 Å². The number of nitro benzene ring substituents is 2. The molecule has 0 saturated heterocycles. The van der Waals surface area contributed by atoms with Gasteiger partial charge in [-0.25, -0.2) is 9.59 Å². The van der Waals surface area contributed by atoms with Crippen molar-refractivity contribution in [1.82, 2.24) is 0 Å². The van der Waals surface area contributed by atoms with Crippen molar-refractivity contribution in [2.75, 3.05) is 0 Å². The summed E-state index contributed by atoms with van der Waals surface area (Å²) in [7, 11) is 0. The Morgan fingerprint density at radius 1 is 0.656 bits per heavy atom. The summed E-state index contributed by atoms with van der Waals surface area (Å²) in [6.07, 6.45) is 0. The Kier molecular flexibility index (Phi) is 6.86. The van der Waals surface area contributed by atoms with Gasteiger partial charge in [-0.1, -0.05) is 6.07 Å². The smallest absolute Gasteiger partial charge is 0.338 e. The van der Waals surface area contributed by atoms with Gasteiger partial charge in [0.15, 0.2) is 0 Å². The molecule has 0 aromatic heterocycles. The van der Waals surface area contributed by atoms with E-state index in [1.54, 1.807) is 0 Å². The number of esters is 2. The van der Waals surface area contributed by atoms with Crippen LogP contribution in [0.2, 0.25) is 0 Å². The van der Waals surface area contributed by atoms with E-state index in [0.29, 0.717) is 11.1 Å². The summed E-state index contributed by atoms with van der Waals surface area (Å²) in [4.78, 5) is 44.9. The first kappa shape index (κ1) is 22.1. The first-order chi connectivity index (χ1) is 15.3. The number of hydrogen-bond acceptors (Lipinski definition) is 8. The van der Waals surface area contributed by atoms with Gasteiger partial charge >= 0.3 is 11.9 Å². The van der Waals surface area contributed by atoms with E-state index < -0.39 is 21.8 Å². The third-order valence-corrected chi connectivity index (χ3v) is 4.37. The van der Waals surface area contributed by atoms with Gasteiger partial charge in [0.25, 0.3) is 11.4 Å². The molecule has 0 spiro atoms. The Bertz CT molecular complexity index is 1070. The Morgan fingerprint density at radius 3 is 1.38 bits per heavy atom. The second-order valence-corrected chi connectivity index (χ2v) is 6.58. The average molecular weight is 436 g/mol. The van der Waals surface area contributed by atoms with Crippen LogP contribution in [0.5, 0.6) is 0 Å². The van der Waals surface area contributed by atoms with Crippen molar-refractivity contribution >= 4 is 23.3 Å². The van der Waals surface area contributed by atoms with Gasteiger partial charge < -0.3 is 9.47 Å². The van der Waals surface area contributed by atoms with Gasteiger partial charge in [0, 0.05) is 24.3 Å². The molecular weight excluding hydrogens is 420 g/mol. The molecule has 0 fully saturated rings. The van der Waals surface area contributed by atoms with Crippen LogP contribution in [0, 0.1) is 20.2 Å². The third-order valence-electron chi connectivity index (χ3n) is 4.37. The van der Waals surface area contributed by atoms with Crippen molar-refractivity contribution in [2.45, 2.75) is 13.2 Å². The number of nitrogens with zero attached hydrogens (tertiary/aromatic N) is 2. The quantitative estimate of drug-likeness (QED) is 0.291. The molecule has 0 aliphatic heterocycles. The number of rotatable bonds is 8. The number of nitro groups is 2. The molecule has 0 aliphatic carbocycles. The standard InChI is InChI=1S/C22H16N2O8/c25-21(31-13-15-4-8-19(9-5-15)23(27)28)17-2-1-3-18(12-17)22(26)32-14-16-6-10-20(11-7-16)24(29)30/h1-12H,13-14H2. The minimum atomic E-state index is -0.673. The highest BCUT2D eigenvalue weighted by molar-refractivity contribution is 5.95. The number of carbonyl (C=O) groups excluding carboxylic acids is 2. The molecule has 3 aromatic carbocycles. The fourth-order valence-corrected chi connectivity index (χ4v) is 2.67. The monoisotopic (exact) mass is 436 g/mol. The van der Waals surface area contributed by atoms with Crippen LogP contribution in [0.1, 0.15) is 31.8 Å². The van der Waals surface area contributed by atoms with Crippen LogP contribution in [0.25, 0.3) is 0 Å². The Labute approximate surface area is 181 Å². The molecule has 10 heteroatoms. The van der Waals surface area contributed by atoms with Gasteiger partial charge in [0.2, 0.25) is 0 Å². The SMILES string of the molecule is O=C(OCc1ccc([N+](=O)[O-])cc1)c1cccc(C(=O)OCc2ccc([N+](=O)[O-])cc2)c1. The fourth-order valence-electron chi connectivity index (χ4n) is 2.67. The number of ether oxygens (including phenoxy) is 2. The highest BCUT2D eigenvalue weighted by Crippen LogP contribution is 2.16. The lowest BCUT2D eigenvalue weighted by molar-refractivity contribution is -0.385. The molecule has 10 nitrogen and oxygen atoms in total. The van der Waals surface area contributed by atoms with Gasteiger partial charge in [0.1, 0.15) is 13.2 Å². The lowest BCUT2D eigenvalue weighted by Crippen LogP contribution is -2.09. The minimum absolute atomic E-state index is 0.0694. The van der Waals surface area contributed by atoms with Gasteiger partial charge in [-0.2, -0.15) is 0 Å². The first-order valence-corrected chi connectivity index (χ1v) is 9.24. The maximum atomic E-state index is 12.3. The molecule has 0 N–H and O–H groups in total. The van der Waals surface area contributed by atoms with Crippen LogP contribution in [0.3, 0.4) is 0 Å². The molecule has 0 amide bonds. The number of non-ortho nitro benzene ring substituents is 2. The second-order valence-electron chi connectivity index (χ2n) is 6.58. The number of hydrogen-bond donors (Lipinski definition) is 0. The summed E-state index contributed by atoms with van der Waals surface area (Å²) in [6, 6.07) is 17.0. The molecule has 0 unspecified atom stereocenters. The minimum Gasteiger partial charge on any atom is -0.457 e. The highest BCUT2D eigenvalue weighted by atomic mass is 16.6. The lowest BCUT2D eigenvalue weighted by atomic mass is 10.1. The molecule has 3 aromatic rings. The summed E-state index contributed by atoms with van der Waals surface area (Å²) in [5, 5.41) is 21.3. The van der Waals surface area contributed by atoms with Crippen molar-refractivity contribution in [1.29, 1.82) is 0 Å². The maximum Gasteiger partial charge on any atom is 0.338 e. The molecule has 0 saturated carbocycles. The van der Waals surface area contributed by atoms with E-state index in [2.05, 4.69) is 0 Å². The predicted molar refractivity (Wildman–Crippen MR) is 111 cm³/mol. The van der Waals surface area contributed by atoms with Gasteiger partial charge in [0.05, 0.1) is 21.0 Å². The lowest BCUT2D eigenvalue weighted by Gasteiger charge is -2.08. The van der Waals surface area contributed by atoms with E-state index in [1.807, 2.05) is 0 Å². The Hall–Kier alpha value is -4.60. The number of benzene rings is 3. The van der Waals surface area contributed by atoms with E-state index in [4.69, 9.17) is 9.47 Å². The van der Waals surface area contributed by atoms with Crippen molar-refractivity contribution in [3.8, 4) is 0 Å². The zero-order chi connectivity index (χ0) is 23.1. The van der Waals surface area contributed by atoms with Crippen molar-refractivity contribution in [2.24, 2.45) is 0 Å². The largest absolute Gasteiger partial charge is 0.457 e. The van der Waals surface area contributed by atoms with E-state index in [0.717, 1.165) is 0 Å². The second kappa shape index (κ2) is 9.94. The summed E-state index contributed by atoms with van der Waals surface area (Å²) in [6.45, 7) is -0.183. The van der Waals surface area contributed by atoms with Crippen LogP contribution in [-0.4, -0.2) is 21.8 Å².